The molecule has 0 radical (unpaired) electrons. The van der Waals surface area contributed by atoms with E-state index in [2.05, 4.69) is 15.0 Å². The maximum atomic E-state index is 12.5. The van der Waals surface area contributed by atoms with Crippen molar-refractivity contribution in [3.05, 3.63) is 58.9 Å². The van der Waals surface area contributed by atoms with Crippen LogP contribution in [0.5, 0.6) is 11.5 Å². The predicted octanol–water partition coefficient (Wildman–Crippen LogP) is 5.08. The van der Waals surface area contributed by atoms with Crippen LogP contribution in [-0.4, -0.2) is 24.1 Å². The van der Waals surface area contributed by atoms with E-state index in [9.17, 15) is 13.6 Å². The molecule has 1 aromatic heterocycles. The molecule has 1 amide bonds. The number of halogens is 3. The molecule has 0 spiro atoms. The summed E-state index contributed by atoms with van der Waals surface area (Å²) in [6.45, 7) is -3.16. The molecule has 0 aliphatic heterocycles. The maximum Gasteiger partial charge on any atom is 0.387 e. The molecule has 0 bridgehead atoms. The van der Waals surface area contributed by atoms with E-state index in [0.29, 0.717) is 27.2 Å². The molecule has 0 aliphatic rings. The van der Waals surface area contributed by atoms with Crippen LogP contribution in [0, 0.1) is 0 Å². The van der Waals surface area contributed by atoms with Crippen LogP contribution in [0.1, 0.15) is 0 Å². The minimum Gasteiger partial charge on any atom is -0.484 e. The quantitative estimate of drug-likeness (QED) is 0.590. The van der Waals surface area contributed by atoms with Crippen LogP contribution in [0.2, 0.25) is 5.02 Å². The Balaban J connectivity index is 1.63. The third-order valence-electron chi connectivity index (χ3n) is 3.30. The van der Waals surface area contributed by atoms with Crippen molar-refractivity contribution in [2.24, 2.45) is 0 Å². The summed E-state index contributed by atoms with van der Waals surface area (Å²) in [4.78, 5) is 16.2. The maximum absolute atomic E-state index is 12.5. The highest BCUT2D eigenvalue weighted by Crippen LogP contribution is 2.33. The average molecular weight is 411 g/mol. The van der Waals surface area contributed by atoms with Gasteiger partial charge in [0.25, 0.3) is 5.91 Å². The SMILES string of the molecule is O=C(COc1cccc(Cl)c1)Nc1nc(-c2ccccc2OC(F)F)cs1. The summed E-state index contributed by atoms with van der Waals surface area (Å²) < 4.78 is 34.9. The van der Waals surface area contributed by atoms with Crippen LogP contribution in [0.15, 0.2) is 53.9 Å². The summed E-state index contributed by atoms with van der Waals surface area (Å²) in [5.41, 5.74) is 0.826. The number of hydrogen-bond acceptors (Lipinski definition) is 5. The molecule has 3 aromatic rings. The second-order valence-corrected chi connectivity index (χ2v) is 6.50. The van der Waals surface area contributed by atoms with E-state index in [4.69, 9.17) is 16.3 Å². The van der Waals surface area contributed by atoms with E-state index in [0.717, 1.165) is 11.3 Å². The zero-order valence-electron chi connectivity index (χ0n) is 13.7. The summed E-state index contributed by atoms with van der Waals surface area (Å²) in [7, 11) is 0. The number of thiazole rings is 1. The number of aromatic nitrogens is 1. The lowest BCUT2D eigenvalue weighted by Gasteiger charge is -2.08. The summed E-state index contributed by atoms with van der Waals surface area (Å²) >= 11 is 7.01. The minimum absolute atomic E-state index is 0.0139. The monoisotopic (exact) mass is 410 g/mol. The Hall–Kier alpha value is -2.71. The number of para-hydroxylation sites is 1. The minimum atomic E-state index is -2.94. The molecule has 2 aromatic carbocycles. The normalized spacial score (nSPS) is 10.7. The fourth-order valence-corrected chi connectivity index (χ4v) is 3.10. The molecule has 0 saturated heterocycles. The van der Waals surface area contributed by atoms with Crippen LogP contribution in [0.4, 0.5) is 13.9 Å². The highest BCUT2D eigenvalue weighted by molar-refractivity contribution is 7.14. The van der Waals surface area contributed by atoms with Gasteiger partial charge in [0.1, 0.15) is 11.5 Å². The number of nitrogens with zero attached hydrogens (tertiary/aromatic N) is 1. The second kappa shape index (κ2) is 8.79. The molecule has 0 aliphatic carbocycles. The van der Waals surface area contributed by atoms with E-state index < -0.39 is 12.5 Å². The van der Waals surface area contributed by atoms with Gasteiger partial charge in [-0.3, -0.25) is 10.1 Å². The smallest absolute Gasteiger partial charge is 0.387 e. The van der Waals surface area contributed by atoms with Gasteiger partial charge in [0.05, 0.1) is 5.69 Å². The Labute approximate surface area is 162 Å². The van der Waals surface area contributed by atoms with E-state index >= 15 is 0 Å². The molecule has 3 rings (SSSR count). The Morgan fingerprint density at radius 1 is 1.22 bits per heavy atom. The molecular formula is C18H13ClF2N2O3S. The zero-order chi connectivity index (χ0) is 19.2. The molecule has 0 fully saturated rings. The summed E-state index contributed by atoms with van der Waals surface area (Å²) in [6.07, 6.45) is 0. The van der Waals surface area contributed by atoms with E-state index in [-0.39, 0.29) is 12.4 Å². The molecule has 27 heavy (non-hydrogen) atoms. The van der Waals surface area contributed by atoms with E-state index in [1.807, 2.05) is 0 Å². The number of carbonyl (C=O) groups excluding carboxylic acids is 1. The molecule has 0 saturated carbocycles. The lowest BCUT2D eigenvalue weighted by Crippen LogP contribution is -2.20. The van der Waals surface area contributed by atoms with E-state index in [1.54, 1.807) is 47.8 Å². The molecule has 9 heteroatoms. The number of alkyl halides is 2. The van der Waals surface area contributed by atoms with Gasteiger partial charge in [0.15, 0.2) is 11.7 Å². The predicted molar refractivity (Wildman–Crippen MR) is 99.8 cm³/mol. The molecule has 140 valence electrons. The summed E-state index contributed by atoms with van der Waals surface area (Å²) in [5.74, 6) is 0.0727. The van der Waals surface area contributed by atoms with Gasteiger partial charge in [0.2, 0.25) is 0 Å². The van der Waals surface area contributed by atoms with Gasteiger partial charge in [-0.25, -0.2) is 4.98 Å². The number of ether oxygens (including phenoxy) is 2. The number of rotatable bonds is 7. The first-order chi connectivity index (χ1) is 13.0. The lowest BCUT2D eigenvalue weighted by atomic mass is 10.1. The number of hydrogen-bond donors (Lipinski definition) is 1. The van der Waals surface area contributed by atoms with Crippen molar-refractivity contribution in [2.45, 2.75) is 6.61 Å². The van der Waals surface area contributed by atoms with Crippen molar-refractivity contribution < 1.29 is 23.0 Å². The second-order valence-electron chi connectivity index (χ2n) is 5.21. The van der Waals surface area contributed by atoms with Gasteiger partial charge < -0.3 is 9.47 Å². The van der Waals surface area contributed by atoms with Crippen molar-refractivity contribution in [1.29, 1.82) is 0 Å². The number of nitrogens with one attached hydrogen (secondary N) is 1. The molecule has 5 nitrogen and oxygen atoms in total. The standard InChI is InChI=1S/C18H13ClF2N2O3S/c19-11-4-3-5-12(8-11)25-9-16(24)23-18-22-14(10-27-18)13-6-1-2-7-15(13)26-17(20)21/h1-8,10,17H,9H2,(H,22,23,24). The van der Waals surface area contributed by atoms with Crippen LogP contribution in [0.25, 0.3) is 11.3 Å². The fourth-order valence-electron chi connectivity index (χ4n) is 2.19. The van der Waals surface area contributed by atoms with Crippen molar-refractivity contribution in [2.75, 3.05) is 11.9 Å². The molecule has 0 atom stereocenters. The van der Waals surface area contributed by atoms with Crippen molar-refractivity contribution in [3.63, 3.8) is 0 Å². The largest absolute Gasteiger partial charge is 0.484 e. The van der Waals surface area contributed by atoms with Gasteiger partial charge in [0, 0.05) is 16.0 Å². The third-order valence-corrected chi connectivity index (χ3v) is 4.29. The van der Waals surface area contributed by atoms with Gasteiger partial charge in [-0.2, -0.15) is 8.78 Å². The zero-order valence-corrected chi connectivity index (χ0v) is 15.3. The van der Waals surface area contributed by atoms with Crippen molar-refractivity contribution >= 4 is 34.0 Å². The first-order valence-corrected chi connectivity index (χ1v) is 8.95. The Bertz CT molecular complexity index is 936. The Morgan fingerprint density at radius 2 is 2.04 bits per heavy atom. The van der Waals surface area contributed by atoms with Gasteiger partial charge in [-0.05, 0) is 30.3 Å². The molecular weight excluding hydrogens is 398 g/mol. The number of anilines is 1. The molecule has 0 unspecified atom stereocenters. The number of carbonyl (C=O) groups is 1. The third kappa shape index (κ3) is 5.38. The van der Waals surface area contributed by atoms with Crippen LogP contribution in [-0.2, 0) is 4.79 Å². The number of amides is 1. The summed E-state index contributed by atoms with van der Waals surface area (Å²) in [5, 5.41) is 5.06. The first-order valence-electron chi connectivity index (χ1n) is 7.69. The number of benzene rings is 2. The molecule has 1 heterocycles. The van der Waals surface area contributed by atoms with E-state index in [1.165, 1.54) is 6.07 Å². The van der Waals surface area contributed by atoms with Crippen LogP contribution < -0.4 is 14.8 Å². The fraction of sp³-hybridized carbons (Fsp3) is 0.111. The lowest BCUT2D eigenvalue weighted by molar-refractivity contribution is -0.118. The summed E-state index contributed by atoms with van der Waals surface area (Å²) in [6, 6.07) is 13.0. The van der Waals surface area contributed by atoms with Gasteiger partial charge in [-0.1, -0.05) is 29.8 Å². The molecule has 1 N–H and O–H groups in total. The van der Waals surface area contributed by atoms with Crippen LogP contribution >= 0.6 is 22.9 Å². The average Bonchev–Trinajstić information content (AvgIpc) is 3.08. The Morgan fingerprint density at radius 3 is 2.81 bits per heavy atom. The van der Waals surface area contributed by atoms with Gasteiger partial charge in [-0.15, -0.1) is 11.3 Å². The van der Waals surface area contributed by atoms with Crippen LogP contribution in [0.3, 0.4) is 0 Å². The topological polar surface area (TPSA) is 60.5 Å². The Kier molecular flexibility index (Phi) is 6.20. The highest BCUT2D eigenvalue weighted by atomic mass is 35.5. The van der Waals surface area contributed by atoms with Gasteiger partial charge >= 0.3 is 6.61 Å². The van der Waals surface area contributed by atoms with Crippen molar-refractivity contribution in [3.8, 4) is 22.8 Å². The van der Waals surface area contributed by atoms with Crippen molar-refractivity contribution in [1.82, 2.24) is 4.98 Å². The first kappa shape index (κ1) is 19.1. The highest BCUT2D eigenvalue weighted by Gasteiger charge is 2.14.